The first kappa shape index (κ1) is 18.3. The molecule has 3 heterocycles. The fourth-order valence-corrected chi connectivity index (χ4v) is 3.62. The lowest BCUT2D eigenvalue weighted by molar-refractivity contribution is -0.0682. The Hall–Kier alpha value is -2.04. The molecule has 8 nitrogen and oxygen atoms in total. The van der Waals surface area contributed by atoms with Crippen molar-refractivity contribution < 1.29 is 19.7 Å². The average Bonchev–Trinajstić information content (AvgIpc) is 3.25. The van der Waals surface area contributed by atoms with E-state index in [2.05, 4.69) is 15.0 Å². The second-order valence-electron chi connectivity index (χ2n) is 6.25. The minimum atomic E-state index is -1.11. The van der Waals surface area contributed by atoms with E-state index in [-0.39, 0.29) is 6.61 Å². The predicted molar refractivity (Wildman–Crippen MR) is 99.1 cm³/mol. The largest absolute Gasteiger partial charge is 0.387 e. The van der Waals surface area contributed by atoms with Crippen molar-refractivity contribution in [3.05, 3.63) is 48.5 Å². The lowest BCUT2D eigenvalue weighted by Gasteiger charge is -2.16. The van der Waals surface area contributed by atoms with Crippen molar-refractivity contribution in [3.63, 3.8) is 0 Å². The van der Waals surface area contributed by atoms with E-state index in [1.165, 1.54) is 18.1 Å². The van der Waals surface area contributed by atoms with Gasteiger partial charge in [-0.05, 0) is 11.8 Å². The van der Waals surface area contributed by atoms with Crippen molar-refractivity contribution in [1.82, 2.24) is 19.5 Å². The molecule has 0 saturated carbocycles. The van der Waals surface area contributed by atoms with Gasteiger partial charge in [-0.3, -0.25) is 4.57 Å². The molecule has 0 radical (unpaired) electrons. The highest BCUT2D eigenvalue weighted by molar-refractivity contribution is 7.98. The van der Waals surface area contributed by atoms with Gasteiger partial charge in [0.1, 0.15) is 35.2 Å². The van der Waals surface area contributed by atoms with Gasteiger partial charge in [-0.25, -0.2) is 15.0 Å². The molecule has 1 aliphatic rings. The highest BCUT2D eigenvalue weighted by Gasteiger charge is 2.44. The van der Waals surface area contributed by atoms with E-state index in [1.807, 2.05) is 36.6 Å². The van der Waals surface area contributed by atoms with Crippen molar-refractivity contribution >= 4 is 22.9 Å². The quantitative estimate of drug-likeness (QED) is 0.482. The number of nitrogens with zero attached hydrogens (tertiary/aromatic N) is 4. The zero-order valence-corrected chi connectivity index (χ0v) is 15.5. The van der Waals surface area contributed by atoms with Gasteiger partial charge in [0.15, 0.2) is 11.9 Å². The molecule has 1 aromatic carbocycles. The number of benzene rings is 1. The van der Waals surface area contributed by atoms with Crippen LogP contribution in [0.4, 0.5) is 0 Å². The number of ether oxygens (including phenoxy) is 2. The fourth-order valence-electron chi connectivity index (χ4n) is 3.13. The van der Waals surface area contributed by atoms with E-state index in [9.17, 15) is 10.2 Å². The summed E-state index contributed by atoms with van der Waals surface area (Å²) < 4.78 is 13.2. The van der Waals surface area contributed by atoms with Crippen LogP contribution >= 0.6 is 11.8 Å². The third kappa shape index (κ3) is 3.56. The second-order valence-corrected chi connectivity index (χ2v) is 7.05. The second kappa shape index (κ2) is 7.91. The lowest BCUT2D eigenvalue weighted by Crippen LogP contribution is -2.33. The maximum atomic E-state index is 10.5. The van der Waals surface area contributed by atoms with Crippen LogP contribution in [0.2, 0.25) is 0 Å². The SMILES string of the molecule is CSc1ncnc2c1ncn2[C@@H]1O[C@H](COCc2ccccc2)C(O)C1O. The van der Waals surface area contributed by atoms with Crippen molar-refractivity contribution in [3.8, 4) is 0 Å². The summed E-state index contributed by atoms with van der Waals surface area (Å²) in [6, 6.07) is 9.74. The van der Waals surface area contributed by atoms with Crippen LogP contribution < -0.4 is 0 Å². The van der Waals surface area contributed by atoms with Crippen molar-refractivity contribution in [2.24, 2.45) is 0 Å². The Balaban J connectivity index is 1.47. The Labute approximate surface area is 160 Å². The van der Waals surface area contributed by atoms with Crippen LogP contribution in [0.5, 0.6) is 0 Å². The molecule has 2 N–H and O–H groups in total. The Bertz CT molecular complexity index is 907. The zero-order valence-electron chi connectivity index (χ0n) is 14.7. The molecule has 2 aromatic heterocycles. The van der Waals surface area contributed by atoms with E-state index in [4.69, 9.17) is 9.47 Å². The first-order valence-electron chi connectivity index (χ1n) is 8.54. The molecule has 4 atom stereocenters. The molecule has 0 bridgehead atoms. The average molecular weight is 388 g/mol. The first-order valence-corrected chi connectivity index (χ1v) is 9.76. The Morgan fingerprint density at radius 1 is 1.15 bits per heavy atom. The Morgan fingerprint density at radius 2 is 1.96 bits per heavy atom. The third-order valence-corrected chi connectivity index (χ3v) is 5.21. The number of rotatable bonds is 6. The van der Waals surface area contributed by atoms with Gasteiger partial charge in [0.25, 0.3) is 0 Å². The van der Waals surface area contributed by atoms with E-state index >= 15 is 0 Å². The van der Waals surface area contributed by atoms with Crippen LogP contribution in [0, 0.1) is 0 Å². The summed E-state index contributed by atoms with van der Waals surface area (Å²) >= 11 is 1.47. The fraction of sp³-hybridized carbons (Fsp3) is 0.389. The van der Waals surface area contributed by atoms with E-state index in [0.29, 0.717) is 17.8 Å². The molecule has 1 aliphatic heterocycles. The number of fused-ring (bicyclic) bond motifs is 1. The smallest absolute Gasteiger partial charge is 0.166 e. The molecule has 0 spiro atoms. The van der Waals surface area contributed by atoms with Gasteiger partial charge in [0, 0.05) is 0 Å². The molecular formula is C18H20N4O4S. The molecule has 4 rings (SSSR count). The Morgan fingerprint density at radius 3 is 2.74 bits per heavy atom. The number of imidazole rings is 1. The molecule has 0 amide bonds. The standard InChI is InChI=1S/C18H20N4O4S/c1-27-17-13-16(19-9-20-17)22(10-21-13)18-15(24)14(23)12(26-18)8-25-7-11-5-3-2-4-6-11/h2-6,9-10,12,14-15,18,23-24H,7-8H2,1H3/t12-,14?,15?,18-/m1/s1. The minimum Gasteiger partial charge on any atom is -0.387 e. The Kier molecular flexibility index (Phi) is 5.37. The molecular weight excluding hydrogens is 368 g/mol. The molecule has 2 unspecified atom stereocenters. The van der Waals surface area contributed by atoms with Crippen LogP contribution in [0.15, 0.2) is 48.0 Å². The van der Waals surface area contributed by atoms with Gasteiger partial charge in [0.05, 0.1) is 19.5 Å². The number of aliphatic hydroxyl groups excluding tert-OH is 2. The molecule has 9 heteroatoms. The highest BCUT2D eigenvalue weighted by atomic mass is 32.2. The van der Waals surface area contributed by atoms with Gasteiger partial charge in [-0.15, -0.1) is 11.8 Å². The first-order chi connectivity index (χ1) is 13.2. The van der Waals surface area contributed by atoms with Crippen molar-refractivity contribution in [2.75, 3.05) is 12.9 Å². The van der Waals surface area contributed by atoms with Crippen LogP contribution in [0.1, 0.15) is 11.8 Å². The van der Waals surface area contributed by atoms with Crippen LogP contribution in [-0.2, 0) is 16.1 Å². The van der Waals surface area contributed by atoms with Gasteiger partial charge >= 0.3 is 0 Å². The normalized spacial score (nSPS) is 25.3. The number of aromatic nitrogens is 4. The molecule has 1 fully saturated rings. The molecule has 27 heavy (non-hydrogen) atoms. The summed E-state index contributed by atoms with van der Waals surface area (Å²) in [5.74, 6) is 0. The van der Waals surface area contributed by atoms with Crippen molar-refractivity contribution in [1.29, 1.82) is 0 Å². The van der Waals surface area contributed by atoms with Crippen LogP contribution in [0.3, 0.4) is 0 Å². The predicted octanol–water partition coefficient (Wildman–Crippen LogP) is 1.38. The van der Waals surface area contributed by atoms with E-state index in [0.717, 1.165) is 10.6 Å². The molecule has 0 aliphatic carbocycles. The molecule has 142 valence electrons. The lowest BCUT2D eigenvalue weighted by atomic mass is 10.1. The summed E-state index contributed by atoms with van der Waals surface area (Å²) in [5.41, 5.74) is 2.22. The van der Waals surface area contributed by atoms with Crippen molar-refractivity contribution in [2.45, 2.75) is 36.2 Å². The number of hydrogen-bond donors (Lipinski definition) is 2. The molecule has 1 saturated heterocycles. The summed E-state index contributed by atoms with van der Waals surface area (Å²) in [7, 11) is 0. The number of thioether (sulfide) groups is 1. The minimum absolute atomic E-state index is 0.168. The number of aliphatic hydroxyl groups is 2. The van der Waals surface area contributed by atoms with Gasteiger partial charge < -0.3 is 19.7 Å². The van der Waals surface area contributed by atoms with E-state index < -0.39 is 24.5 Å². The topological polar surface area (TPSA) is 103 Å². The van der Waals surface area contributed by atoms with Gasteiger partial charge in [-0.2, -0.15) is 0 Å². The van der Waals surface area contributed by atoms with Gasteiger partial charge in [0.2, 0.25) is 0 Å². The number of hydrogen-bond acceptors (Lipinski definition) is 8. The molecule has 3 aromatic rings. The summed E-state index contributed by atoms with van der Waals surface area (Å²) in [5, 5.41) is 21.6. The summed E-state index contributed by atoms with van der Waals surface area (Å²) in [4.78, 5) is 12.8. The van der Waals surface area contributed by atoms with Crippen LogP contribution in [-0.4, -0.2) is 60.9 Å². The maximum absolute atomic E-state index is 10.5. The van der Waals surface area contributed by atoms with Gasteiger partial charge in [-0.1, -0.05) is 30.3 Å². The third-order valence-electron chi connectivity index (χ3n) is 4.52. The van der Waals surface area contributed by atoms with E-state index in [1.54, 1.807) is 10.9 Å². The zero-order chi connectivity index (χ0) is 18.8. The highest BCUT2D eigenvalue weighted by Crippen LogP contribution is 2.32. The van der Waals surface area contributed by atoms with Crippen LogP contribution in [0.25, 0.3) is 11.2 Å². The monoisotopic (exact) mass is 388 g/mol. The summed E-state index contributed by atoms with van der Waals surface area (Å²) in [6.07, 6.45) is 1.29. The summed E-state index contributed by atoms with van der Waals surface area (Å²) in [6.45, 7) is 0.577. The maximum Gasteiger partial charge on any atom is 0.166 e.